The van der Waals surface area contributed by atoms with Gasteiger partial charge in [-0.3, -0.25) is 19.4 Å². The van der Waals surface area contributed by atoms with Crippen molar-refractivity contribution in [3.63, 3.8) is 0 Å². The fraction of sp³-hybridized carbons (Fsp3) is 0.451. The van der Waals surface area contributed by atoms with E-state index >= 15 is 0 Å². The number of alkyl carbamates (subject to hydrolysis) is 2. The first-order valence-corrected chi connectivity index (χ1v) is 24.5. The molecule has 2 N–H and O–H groups in total. The first kappa shape index (κ1) is 47.8. The largest absolute Gasteiger partial charge is 0.447 e. The lowest BCUT2D eigenvalue weighted by Crippen LogP contribution is -2.53. The third-order valence-corrected chi connectivity index (χ3v) is 14.8. The molecule has 2 aliphatic rings. The Labute approximate surface area is 382 Å². The number of ketones is 2. The molecule has 2 atom stereocenters. The maximum absolute atomic E-state index is 14.3. The summed E-state index contributed by atoms with van der Waals surface area (Å²) in [6, 6.07) is 34.2. The highest BCUT2D eigenvalue weighted by Gasteiger charge is 2.46. The van der Waals surface area contributed by atoms with Crippen LogP contribution in [-0.4, -0.2) is 99.6 Å². The second kappa shape index (κ2) is 22.3. The van der Waals surface area contributed by atoms with Gasteiger partial charge in [0.15, 0.2) is 11.6 Å². The van der Waals surface area contributed by atoms with Gasteiger partial charge in [0.2, 0.25) is 0 Å². The topological polar surface area (TPSA) is 117 Å². The number of thioether (sulfide) groups is 2. The fourth-order valence-electron chi connectivity index (χ4n) is 9.44. The van der Waals surface area contributed by atoms with Crippen LogP contribution < -0.4 is 10.6 Å². The van der Waals surface area contributed by atoms with Crippen molar-refractivity contribution in [2.45, 2.75) is 90.7 Å². The summed E-state index contributed by atoms with van der Waals surface area (Å²) in [7, 11) is 7.40. The molecule has 2 unspecified atom stereocenters. The van der Waals surface area contributed by atoms with Crippen LogP contribution in [0.5, 0.6) is 0 Å². The summed E-state index contributed by atoms with van der Waals surface area (Å²) in [5, 5.41) is 6.22. The Hall–Kier alpha value is -4.62. The molecule has 0 aliphatic heterocycles. The number of likely N-dealkylation sites (N-methyl/N-ethyl adjacent to an activating group) is 2. The molecular formula is C51H64N4O6S2. The summed E-state index contributed by atoms with van der Waals surface area (Å²) >= 11 is 3.24. The quantitative estimate of drug-likeness (QED) is 0.0739. The van der Waals surface area contributed by atoms with Crippen LogP contribution in [0, 0.1) is 11.8 Å². The molecular weight excluding hydrogens is 829 g/mol. The predicted octanol–water partition coefficient (Wildman–Crippen LogP) is 10.1. The predicted molar refractivity (Wildman–Crippen MR) is 254 cm³/mol. The molecule has 0 bridgehead atoms. The van der Waals surface area contributed by atoms with E-state index in [9.17, 15) is 19.2 Å². The highest BCUT2D eigenvalue weighted by Crippen LogP contribution is 2.37. The number of carbonyl (C=O) groups is 4. The molecule has 0 saturated heterocycles. The summed E-state index contributed by atoms with van der Waals surface area (Å²) < 4.78 is 11.8. The van der Waals surface area contributed by atoms with Crippen LogP contribution in [-0.2, 0) is 20.6 Å². The monoisotopic (exact) mass is 892 g/mol. The lowest BCUT2D eigenvalue weighted by molar-refractivity contribution is 0.0351. The van der Waals surface area contributed by atoms with Crippen LogP contribution in [0.4, 0.5) is 9.59 Å². The minimum atomic E-state index is -1.20. The highest BCUT2D eigenvalue weighted by atomic mass is 32.2. The van der Waals surface area contributed by atoms with Crippen molar-refractivity contribution in [2.75, 3.05) is 53.9 Å². The molecule has 0 spiro atoms. The maximum Gasteiger partial charge on any atom is 0.407 e. The van der Waals surface area contributed by atoms with Crippen molar-refractivity contribution in [1.29, 1.82) is 0 Å². The third-order valence-electron chi connectivity index (χ3n) is 13.3. The lowest BCUT2D eigenvalue weighted by Gasteiger charge is -2.39. The number of hydrogen-bond acceptors (Lipinski definition) is 10. The third kappa shape index (κ3) is 11.6. The molecule has 2 aliphatic carbocycles. The first-order chi connectivity index (χ1) is 30.4. The van der Waals surface area contributed by atoms with Crippen LogP contribution in [0.15, 0.2) is 119 Å². The summed E-state index contributed by atoms with van der Waals surface area (Å²) in [5.41, 5.74) is 0.243. The van der Waals surface area contributed by atoms with Gasteiger partial charge in [-0.05, 0) is 146 Å². The normalized spacial score (nSPS) is 20.8. The Morgan fingerprint density at radius 2 is 0.857 bits per heavy atom. The Morgan fingerprint density at radius 1 is 0.524 bits per heavy atom. The number of nitrogens with zero attached hydrogens (tertiary/aromatic N) is 2. The zero-order chi connectivity index (χ0) is 45.0. The van der Waals surface area contributed by atoms with Crippen molar-refractivity contribution in [2.24, 2.45) is 11.8 Å². The van der Waals surface area contributed by atoms with Crippen LogP contribution >= 0.6 is 23.5 Å². The van der Waals surface area contributed by atoms with Gasteiger partial charge in [0.25, 0.3) is 0 Å². The van der Waals surface area contributed by atoms with Crippen molar-refractivity contribution in [3.05, 3.63) is 131 Å². The molecule has 6 rings (SSSR count). The van der Waals surface area contributed by atoms with Crippen LogP contribution in [0.25, 0.3) is 0 Å². The zero-order valence-electron chi connectivity index (χ0n) is 37.6. The van der Waals surface area contributed by atoms with E-state index in [1.165, 1.54) is 0 Å². The molecule has 63 heavy (non-hydrogen) atoms. The fourth-order valence-corrected chi connectivity index (χ4v) is 10.3. The Bertz CT molecular complexity index is 1950. The van der Waals surface area contributed by atoms with Gasteiger partial charge in [0.05, 0.1) is 0 Å². The number of ether oxygens (including phenoxy) is 2. The molecule has 0 radical (unpaired) electrons. The minimum Gasteiger partial charge on any atom is -0.447 e. The van der Waals surface area contributed by atoms with Gasteiger partial charge in [-0.1, -0.05) is 84.9 Å². The van der Waals surface area contributed by atoms with Crippen LogP contribution in [0.1, 0.15) is 89.6 Å². The van der Waals surface area contributed by atoms with Gasteiger partial charge in [-0.15, -0.1) is 23.5 Å². The van der Waals surface area contributed by atoms with Crippen LogP contribution in [0.2, 0.25) is 0 Å². The Kier molecular flexibility index (Phi) is 17.0. The average molecular weight is 893 g/mol. The molecule has 2 saturated carbocycles. The van der Waals surface area contributed by atoms with E-state index in [1.54, 1.807) is 23.5 Å². The van der Waals surface area contributed by atoms with E-state index in [0.29, 0.717) is 23.0 Å². The van der Waals surface area contributed by atoms with Crippen LogP contribution in [0.3, 0.4) is 0 Å². The van der Waals surface area contributed by atoms with E-state index in [0.717, 1.165) is 78.7 Å². The second-order valence-corrected chi connectivity index (χ2v) is 19.2. The number of rotatable bonds is 18. The molecule has 336 valence electrons. The highest BCUT2D eigenvalue weighted by molar-refractivity contribution is 7.98. The average Bonchev–Trinajstić information content (AvgIpc) is 3.31. The van der Waals surface area contributed by atoms with Gasteiger partial charge < -0.3 is 20.1 Å². The first-order valence-electron chi connectivity index (χ1n) is 22.1. The second-order valence-electron chi connectivity index (χ2n) is 17.5. The number of nitrogens with one attached hydrogen (secondary N) is 2. The van der Waals surface area contributed by atoms with Crippen molar-refractivity contribution in [3.8, 4) is 0 Å². The molecule has 12 heteroatoms. The molecule has 10 nitrogen and oxygen atoms in total. The van der Waals surface area contributed by atoms with Gasteiger partial charge in [-0.25, -0.2) is 9.59 Å². The molecule has 0 aromatic heterocycles. The van der Waals surface area contributed by atoms with E-state index in [2.05, 4.69) is 10.6 Å². The van der Waals surface area contributed by atoms with Crippen molar-refractivity contribution < 1.29 is 28.7 Å². The number of benzene rings is 4. The SMILES string of the molecule is CSc1ccc(C(=O)C(COC(=O)NC2CCC(CC3CCC(NC(=O)OCC(C(=O)c4ccc(SC)cc4)(c4ccccc4)N(C)C)CC3)CC2)(c2ccccc2)N(C)C)cc1. The molecule has 0 heterocycles. The summed E-state index contributed by atoms with van der Waals surface area (Å²) in [5.74, 6) is 0.909. The smallest absolute Gasteiger partial charge is 0.407 e. The van der Waals surface area contributed by atoms with E-state index in [1.807, 2.05) is 160 Å². The van der Waals surface area contributed by atoms with Gasteiger partial charge in [-0.2, -0.15) is 0 Å². The molecule has 4 aromatic carbocycles. The Morgan fingerprint density at radius 3 is 1.16 bits per heavy atom. The molecule has 2 amide bonds. The number of Topliss-reactive ketones (excluding diaryl/α,β-unsaturated/α-hetero) is 2. The van der Waals surface area contributed by atoms with E-state index in [4.69, 9.17) is 9.47 Å². The van der Waals surface area contributed by atoms with Gasteiger partial charge in [0, 0.05) is 33.0 Å². The van der Waals surface area contributed by atoms with Gasteiger partial charge >= 0.3 is 12.2 Å². The number of amides is 2. The van der Waals surface area contributed by atoms with E-state index in [-0.39, 0.29) is 36.9 Å². The minimum absolute atomic E-state index is 0.0177. The van der Waals surface area contributed by atoms with Crippen molar-refractivity contribution >= 4 is 47.3 Å². The number of hydrogen-bond donors (Lipinski definition) is 2. The lowest BCUT2D eigenvalue weighted by atomic mass is 9.76. The van der Waals surface area contributed by atoms with Gasteiger partial charge in [0.1, 0.15) is 24.3 Å². The standard InChI is InChI=1S/C51H64N4O6S2/c1-54(2)50(40-13-9-7-10-14-40,46(56)38-21-29-44(62-5)30-22-38)34-60-48(58)52-42-25-17-36(18-26-42)33-37-19-27-43(28-20-37)53-49(59)61-35-51(55(3)4,41-15-11-8-12-16-41)47(57)39-23-31-45(63-6)32-24-39/h7-16,21-24,29-32,36-37,42-43H,17-20,25-28,33-35H2,1-6H3,(H,52,58)(H,53,59). The molecule has 2 fully saturated rings. The zero-order valence-corrected chi connectivity index (χ0v) is 39.3. The summed E-state index contributed by atoms with van der Waals surface area (Å²) in [4.78, 5) is 61.1. The summed E-state index contributed by atoms with van der Waals surface area (Å²) in [6.45, 7) is -0.247. The van der Waals surface area contributed by atoms with E-state index < -0.39 is 23.3 Å². The molecule has 4 aromatic rings. The summed E-state index contributed by atoms with van der Waals surface area (Å²) in [6.07, 6.45) is 11.8. The Balaban J connectivity index is 0.959. The van der Waals surface area contributed by atoms with Crippen molar-refractivity contribution in [1.82, 2.24) is 20.4 Å². The maximum atomic E-state index is 14.3. The number of carbonyl (C=O) groups excluding carboxylic acids is 4.